The summed E-state index contributed by atoms with van der Waals surface area (Å²) in [5, 5.41) is 4.48. The summed E-state index contributed by atoms with van der Waals surface area (Å²) in [6.45, 7) is 1.86. The third kappa shape index (κ3) is 3.31. The van der Waals surface area contributed by atoms with Crippen LogP contribution in [0.4, 0.5) is 5.82 Å². The molecule has 1 saturated carbocycles. The molecule has 0 unspecified atom stereocenters. The van der Waals surface area contributed by atoms with E-state index in [2.05, 4.69) is 10.3 Å². The van der Waals surface area contributed by atoms with Gasteiger partial charge >= 0.3 is 0 Å². The number of rotatable bonds is 6. The summed E-state index contributed by atoms with van der Waals surface area (Å²) in [6, 6.07) is 7.52. The number of ether oxygens (including phenoxy) is 1. The predicted octanol–water partition coefficient (Wildman–Crippen LogP) is 1.97. The average molecular weight is 285 g/mol. The molecule has 3 N–H and O–H groups in total. The molecule has 5 nitrogen and oxygen atoms in total. The zero-order valence-corrected chi connectivity index (χ0v) is 11.8. The second-order valence-corrected chi connectivity index (χ2v) is 5.38. The SMILES string of the molecule is Nc1ncc(C(=O)NCCOCC2CC2)c2ccccc12. The second kappa shape index (κ2) is 6.10. The van der Waals surface area contributed by atoms with Gasteiger partial charge in [0.25, 0.3) is 5.91 Å². The van der Waals surface area contributed by atoms with Gasteiger partial charge in [-0.1, -0.05) is 24.3 Å². The van der Waals surface area contributed by atoms with Gasteiger partial charge in [-0.15, -0.1) is 0 Å². The van der Waals surface area contributed by atoms with Crippen LogP contribution in [0.15, 0.2) is 30.5 Å². The number of hydrogen-bond acceptors (Lipinski definition) is 4. The van der Waals surface area contributed by atoms with Crippen molar-refractivity contribution in [2.24, 2.45) is 5.92 Å². The number of nitrogen functional groups attached to an aromatic ring is 1. The summed E-state index contributed by atoms with van der Waals surface area (Å²) >= 11 is 0. The van der Waals surface area contributed by atoms with Gasteiger partial charge in [0.2, 0.25) is 0 Å². The zero-order chi connectivity index (χ0) is 14.7. The van der Waals surface area contributed by atoms with Crippen LogP contribution in [-0.2, 0) is 4.74 Å². The first kappa shape index (κ1) is 13.8. The van der Waals surface area contributed by atoms with Gasteiger partial charge in [-0.05, 0) is 24.1 Å². The number of carbonyl (C=O) groups excluding carboxylic acids is 1. The van der Waals surface area contributed by atoms with Crippen molar-refractivity contribution in [1.82, 2.24) is 10.3 Å². The van der Waals surface area contributed by atoms with Crippen LogP contribution in [0, 0.1) is 5.92 Å². The van der Waals surface area contributed by atoms with Crippen LogP contribution in [0.1, 0.15) is 23.2 Å². The van der Waals surface area contributed by atoms with E-state index in [0.29, 0.717) is 24.5 Å². The number of amides is 1. The molecular weight excluding hydrogens is 266 g/mol. The summed E-state index contributed by atoms with van der Waals surface area (Å²) in [4.78, 5) is 16.3. The van der Waals surface area contributed by atoms with Crippen LogP contribution in [-0.4, -0.2) is 30.6 Å². The third-order valence-electron chi connectivity index (χ3n) is 3.65. The van der Waals surface area contributed by atoms with E-state index in [0.717, 1.165) is 23.3 Å². The molecule has 0 spiro atoms. The number of hydrogen-bond donors (Lipinski definition) is 2. The Balaban J connectivity index is 1.62. The fourth-order valence-corrected chi connectivity index (χ4v) is 2.26. The standard InChI is InChI=1S/C16H19N3O2/c17-15-13-4-2-1-3-12(13)14(9-19-15)16(20)18-7-8-21-10-11-5-6-11/h1-4,9,11H,5-8,10H2,(H2,17,19)(H,18,20). The lowest BCUT2D eigenvalue weighted by Gasteiger charge is -2.09. The highest BCUT2D eigenvalue weighted by atomic mass is 16.5. The quantitative estimate of drug-likeness (QED) is 0.796. The first-order chi connectivity index (χ1) is 10.3. The molecule has 110 valence electrons. The molecule has 1 aliphatic rings. The van der Waals surface area contributed by atoms with E-state index in [1.807, 2.05) is 24.3 Å². The van der Waals surface area contributed by atoms with Crippen LogP contribution >= 0.6 is 0 Å². The van der Waals surface area contributed by atoms with Gasteiger partial charge < -0.3 is 15.8 Å². The van der Waals surface area contributed by atoms with Crippen molar-refractivity contribution in [2.75, 3.05) is 25.5 Å². The molecule has 0 atom stereocenters. The summed E-state index contributed by atoms with van der Waals surface area (Å²) in [7, 11) is 0. The van der Waals surface area contributed by atoms with Crippen molar-refractivity contribution in [3.8, 4) is 0 Å². The Hall–Kier alpha value is -2.14. The fourth-order valence-electron chi connectivity index (χ4n) is 2.26. The molecule has 1 aromatic heterocycles. The average Bonchev–Trinajstić information content (AvgIpc) is 3.31. The highest BCUT2D eigenvalue weighted by Gasteiger charge is 2.21. The highest BCUT2D eigenvalue weighted by Crippen LogP contribution is 2.28. The Morgan fingerprint density at radius 3 is 2.86 bits per heavy atom. The van der Waals surface area contributed by atoms with Gasteiger partial charge in [0.05, 0.1) is 12.2 Å². The summed E-state index contributed by atoms with van der Waals surface area (Å²) in [5.41, 5.74) is 6.38. The lowest BCUT2D eigenvalue weighted by molar-refractivity contribution is 0.0908. The minimum atomic E-state index is -0.145. The van der Waals surface area contributed by atoms with Crippen molar-refractivity contribution in [3.05, 3.63) is 36.0 Å². The van der Waals surface area contributed by atoms with E-state index in [1.165, 1.54) is 19.0 Å². The van der Waals surface area contributed by atoms with Gasteiger partial charge in [0.15, 0.2) is 0 Å². The minimum Gasteiger partial charge on any atom is -0.383 e. The number of nitrogens with two attached hydrogens (primary N) is 1. The van der Waals surface area contributed by atoms with Crippen molar-refractivity contribution in [3.63, 3.8) is 0 Å². The number of nitrogens with zero attached hydrogens (tertiary/aromatic N) is 1. The minimum absolute atomic E-state index is 0.145. The highest BCUT2D eigenvalue weighted by molar-refractivity contribution is 6.08. The van der Waals surface area contributed by atoms with Crippen LogP contribution in [0.2, 0.25) is 0 Å². The van der Waals surface area contributed by atoms with Crippen molar-refractivity contribution < 1.29 is 9.53 Å². The van der Waals surface area contributed by atoms with E-state index < -0.39 is 0 Å². The number of nitrogens with one attached hydrogen (secondary N) is 1. The Morgan fingerprint density at radius 2 is 2.10 bits per heavy atom. The van der Waals surface area contributed by atoms with E-state index >= 15 is 0 Å². The molecule has 0 aliphatic heterocycles. The molecule has 1 heterocycles. The van der Waals surface area contributed by atoms with Crippen molar-refractivity contribution in [1.29, 1.82) is 0 Å². The van der Waals surface area contributed by atoms with Gasteiger partial charge in [-0.3, -0.25) is 4.79 Å². The molecule has 1 aromatic carbocycles. The molecule has 5 heteroatoms. The van der Waals surface area contributed by atoms with E-state index in [1.54, 1.807) is 0 Å². The summed E-state index contributed by atoms with van der Waals surface area (Å²) in [6.07, 6.45) is 4.07. The molecule has 0 radical (unpaired) electrons. The maximum atomic E-state index is 12.2. The van der Waals surface area contributed by atoms with Crippen molar-refractivity contribution >= 4 is 22.5 Å². The zero-order valence-electron chi connectivity index (χ0n) is 11.8. The smallest absolute Gasteiger partial charge is 0.253 e. The molecule has 0 saturated heterocycles. The van der Waals surface area contributed by atoms with Crippen LogP contribution in [0.3, 0.4) is 0 Å². The number of aromatic nitrogens is 1. The Labute approximate surface area is 123 Å². The van der Waals surface area contributed by atoms with Crippen molar-refractivity contribution in [2.45, 2.75) is 12.8 Å². The number of pyridine rings is 1. The maximum Gasteiger partial charge on any atom is 0.253 e. The molecule has 1 amide bonds. The normalized spacial score (nSPS) is 14.3. The van der Waals surface area contributed by atoms with Crippen LogP contribution in [0.25, 0.3) is 10.8 Å². The van der Waals surface area contributed by atoms with Crippen LogP contribution in [0.5, 0.6) is 0 Å². The molecular formula is C16H19N3O2. The van der Waals surface area contributed by atoms with Crippen LogP contribution < -0.4 is 11.1 Å². The summed E-state index contributed by atoms with van der Waals surface area (Å²) < 4.78 is 5.50. The Bertz CT molecular complexity index is 653. The first-order valence-corrected chi connectivity index (χ1v) is 7.25. The number of benzene rings is 1. The van der Waals surface area contributed by atoms with Gasteiger partial charge in [-0.2, -0.15) is 0 Å². The lowest BCUT2D eigenvalue weighted by Crippen LogP contribution is -2.27. The number of fused-ring (bicyclic) bond motifs is 1. The third-order valence-corrected chi connectivity index (χ3v) is 3.65. The molecule has 0 bridgehead atoms. The van der Waals surface area contributed by atoms with Gasteiger partial charge in [0.1, 0.15) is 5.82 Å². The summed E-state index contributed by atoms with van der Waals surface area (Å²) in [5.74, 6) is 1.04. The maximum absolute atomic E-state index is 12.2. The number of anilines is 1. The van der Waals surface area contributed by atoms with E-state index in [4.69, 9.17) is 10.5 Å². The monoisotopic (exact) mass is 285 g/mol. The Kier molecular flexibility index (Phi) is 4.01. The first-order valence-electron chi connectivity index (χ1n) is 7.25. The molecule has 1 aliphatic carbocycles. The Morgan fingerprint density at radius 1 is 1.33 bits per heavy atom. The van der Waals surface area contributed by atoms with Gasteiger partial charge in [0, 0.05) is 24.7 Å². The molecule has 1 fully saturated rings. The van der Waals surface area contributed by atoms with Gasteiger partial charge in [-0.25, -0.2) is 4.98 Å². The molecule has 21 heavy (non-hydrogen) atoms. The predicted molar refractivity (Wildman–Crippen MR) is 82.0 cm³/mol. The largest absolute Gasteiger partial charge is 0.383 e. The van der Waals surface area contributed by atoms with E-state index in [-0.39, 0.29) is 5.91 Å². The topological polar surface area (TPSA) is 77.2 Å². The second-order valence-electron chi connectivity index (χ2n) is 5.38. The number of carbonyl (C=O) groups is 1. The van der Waals surface area contributed by atoms with E-state index in [9.17, 15) is 4.79 Å². The molecule has 2 aromatic rings. The lowest BCUT2D eigenvalue weighted by atomic mass is 10.1. The fraction of sp³-hybridized carbons (Fsp3) is 0.375. The molecule has 3 rings (SSSR count).